The van der Waals surface area contributed by atoms with E-state index in [0.717, 1.165) is 40.3 Å². The van der Waals surface area contributed by atoms with Gasteiger partial charge in [-0.25, -0.2) is 9.97 Å². The summed E-state index contributed by atoms with van der Waals surface area (Å²) in [5.74, 6) is 0.720. The van der Waals surface area contributed by atoms with Gasteiger partial charge in [0.25, 0.3) is 0 Å². The van der Waals surface area contributed by atoms with E-state index in [2.05, 4.69) is 194 Å². The summed E-state index contributed by atoms with van der Waals surface area (Å²) < 4.78 is 0. The number of rotatable bonds is 3. The van der Waals surface area contributed by atoms with Crippen molar-refractivity contribution in [2.24, 2.45) is 0 Å². The summed E-state index contributed by atoms with van der Waals surface area (Å²) in [7, 11) is 0. The van der Waals surface area contributed by atoms with E-state index in [1.165, 1.54) is 77.9 Å². The second-order valence-corrected chi connectivity index (χ2v) is 15.2. The van der Waals surface area contributed by atoms with Crippen LogP contribution >= 0.6 is 0 Å². The van der Waals surface area contributed by atoms with Crippen molar-refractivity contribution in [3.05, 3.63) is 228 Å². The van der Waals surface area contributed by atoms with Crippen molar-refractivity contribution in [2.75, 3.05) is 0 Å². The highest BCUT2D eigenvalue weighted by molar-refractivity contribution is 5.97. The maximum atomic E-state index is 5.41. The number of benzene rings is 8. The van der Waals surface area contributed by atoms with E-state index in [-0.39, 0.29) is 0 Å². The van der Waals surface area contributed by atoms with Gasteiger partial charge in [0.2, 0.25) is 0 Å². The Morgan fingerprint density at radius 3 is 1.43 bits per heavy atom. The zero-order valence-electron chi connectivity index (χ0n) is 30.6. The van der Waals surface area contributed by atoms with Gasteiger partial charge in [0, 0.05) is 16.7 Å². The van der Waals surface area contributed by atoms with E-state index in [1.807, 2.05) is 0 Å². The molecule has 0 saturated heterocycles. The highest BCUT2D eigenvalue weighted by Gasteiger charge is 2.49. The third kappa shape index (κ3) is 4.38. The Morgan fingerprint density at radius 1 is 0.304 bits per heavy atom. The van der Waals surface area contributed by atoms with Crippen LogP contribution in [-0.2, 0) is 11.8 Å². The molecule has 0 radical (unpaired) electrons. The minimum atomic E-state index is -0.566. The highest BCUT2D eigenvalue weighted by atomic mass is 14.9. The Kier molecular flexibility index (Phi) is 6.64. The molecule has 3 aliphatic rings. The number of nitrogens with zero attached hydrogens (tertiary/aromatic N) is 2. The maximum absolute atomic E-state index is 5.41. The molecule has 1 heterocycles. The standard InChI is InChI=1S/C54H34N2/c1-2-14-34(15-3-1)51-33-52(36-26-28-40-38(31-36)30-35-16-4-5-17-39(35)40)56-53(55-51)37-27-29-46-45-22-10-13-25-49(45)54(50(46)32-37)47-23-11-8-20-43(47)41-18-6-7-19-42(41)44-21-9-12-24-48(44)54/h1-29,31-33H,30H2. The zero-order valence-corrected chi connectivity index (χ0v) is 30.6. The normalized spacial score (nSPS) is 13.4. The molecule has 1 aromatic heterocycles. The molecule has 0 N–H and O–H groups in total. The van der Waals surface area contributed by atoms with Crippen molar-refractivity contribution in [2.45, 2.75) is 11.8 Å². The summed E-state index contributed by atoms with van der Waals surface area (Å²) in [6.45, 7) is 0. The second kappa shape index (κ2) is 11.9. The number of hydrogen-bond donors (Lipinski definition) is 0. The lowest BCUT2D eigenvalue weighted by atomic mass is 9.66. The van der Waals surface area contributed by atoms with Gasteiger partial charge in [-0.1, -0.05) is 176 Å². The Balaban J connectivity index is 1.11. The van der Waals surface area contributed by atoms with Crippen LogP contribution < -0.4 is 0 Å². The van der Waals surface area contributed by atoms with E-state index >= 15 is 0 Å². The number of aromatic nitrogens is 2. The van der Waals surface area contributed by atoms with E-state index < -0.39 is 5.41 Å². The van der Waals surface area contributed by atoms with E-state index in [1.54, 1.807) is 0 Å². The molecule has 0 amide bonds. The summed E-state index contributed by atoms with van der Waals surface area (Å²) in [5.41, 5.74) is 22.5. The summed E-state index contributed by atoms with van der Waals surface area (Å²) in [6.07, 6.45) is 0.934. The molecule has 0 atom stereocenters. The van der Waals surface area contributed by atoms with E-state index in [0.29, 0.717) is 0 Å². The molecule has 1 spiro atoms. The van der Waals surface area contributed by atoms with E-state index in [9.17, 15) is 0 Å². The smallest absolute Gasteiger partial charge is 0.160 e. The van der Waals surface area contributed by atoms with Crippen LogP contribution in [0.1, 0.15) is 33.4 Å². The SMILES string of the molecule is c1ccc(-c2cc(-c3ccc4c(c3)Cc3ccccc3-4)nc(-c3ccc4c(c3)C3(c5ccccc5-c5ccccc5-c5ccccc53)c3ccccc3-4)n2)cc1. The first-order chi connectivity index (χ1) is 27.8. The quantitative estimate of drug-likeness (QED) is 0.182. The molecule has 9 aromatic rings. The molecule has 260 valence electrons. The van der Waals surface area contributed by atoms with Crippen LogP contribution in [-0.4, -0.2) is 9.97 Å². The molecule has 0 saturated carbocycles. The predicted molar refractivity (Wildman–Crippen MR) is 228 cm³/mol. The molecule has 2 heteroatoms. The monoisotopic (exact) mass is 710 g/mol. The van der Waals surface area contributed by atoms with Gasteiger partial charge < -0.3 is 0 Å². The van der Waals surface area contributed by atoms with Gasteiger partial charge in [0.05, 0.1) is 16.8 Å². The lowest BCUT2D eigenvalue weighted by Gasteiger charge is -2.35. The fraction of sp³-hybridized carbons (Fsp3) is 0.0370. The van der Waals surface area contributed by atoms with Gasteiger partial charge in [-0.05, 0) is 103 Å². The van der Waals surface area contributed by atoms with Gasteiger partial charge in [-0.3, -0.25) is 0 Å². The van der Waals surface area contributed by atoms with Crippen LogP contribution in [0.4, 0.5) is 0 Å². The van der Waals surface area contributed by atoms with Crippen molar-refractivity contribution in [3.63, 3.8) is 0 Å². The van der Waals surface area contributed by atoms with Crippen molar-refractivity contribution in [1.29, 1.82) is 0 Å². The molecule has 0 fully saturated rings. The lowest BCUT2D eigenvalue weighted by Crippen LogP contribution is -2.29. The first kappa shape index (κ1) is 31.2. The molecule has 56 heavy (non-hydrogen) atoms. The van der Waals surface area contributed by atoms with Gasteiger partial charge in [-0.15, -0.1) is 0 Å². The van der Waals surface area contributed by atoms with Gasteiger partial charge in [-0.2, -0.15) is 0 Å². The fourth-order valence-electron chi connectivity index (χ4n) is 9.97. The topological polar surface area (TPSA) is 25.8 Å². The highest BCUT2D eigenvalue weighted by Crippen LogP contribution is 2.61. The second-order valence-electron chi connectivity index (χ2n) is 15.2. The average molecular weight is 711 g/mol. The Morgan fingerprint density at radius 2 is 0.768 bits per heavy atom. The maximum Gasteiger partial charge on any atom is 0.160 e. The van der Waals surface area contributed by atoms with Crippen LogP contribution in [0, 0.1) is 0 Å². The Labute approximate surface area is 326 Å². The molecule has 0 unspecified atom stereocenters. The van der Waals surface area contributed by atoms with Crippen LogP contribution in [0.15, 0.2) is 194 Å². The first-order valence-electron chi connectivity index (χ1n) is 19.5. The Hall–Kier alpha value is -7.16. The molecular formula is C54H34N2. The molecule has 0 bridgehead atoms. The van der Waals surface area contributed by atoms with Crippen LogP contribution in [0.5, 0.6) is 0 Å². The van der Waals surface area contributed by atoms with Crippen molar-refractivity contribution in [1.82, 2.24) is 9.97 Å². The Bertz CT molecular complexity index is 3000. The molecule has 0 aliphatic heterocycles. The summed E-state index contributed by atoms with van der Waals surface area (Å²) in [6, 6.07) is 71.2. The van der Waals surface area contributed by atoms with Crippen molar-refractivity contribution in [3.8, 4) is 78.4 Å². The van der Waals surface area contributed by atoms with Gasteiger partial charge in [0.1, 0.15) is 0 Å². The third-order valence-corrected chi connectivity index (χ3v) is 12.4. The molecule has 2 nitrogen and oxygen atoms in total. The van der Waals surface area contributed by atoms with Crippen molar-refractivity contribution >= 4 is 0 Å². The molecule has 8 aromatic carbocycles. The largest absolute Gasteiger partial charge is 0.228 e. The van der Waals surface area contributed by atoms with Gasteiger partial charge in [0.15, 0.2) is 5.82 Å². The minimum Gasteiger partial charge on any atom is -0.228 e. The van der Waals surface area contributed by atoms with Gasteiger partial charge >= 0.3 is 0 Å². The summed E-state index contributed by atoms with van der Waals surface area (Å²) in [4.78, 5) is 10.8. The van der Waals surface area contributed by atoms with Crippen molar-refractivity contribution < 1.29 is 0 Å². The minimum absolute atomic E-state index is 0.566. The zero-order chi connectivity index (χ0) is 36.8. The molecule has 3 aliphatic carbocycles. The number of hydrogen-bond acceptors (Lipinski definition) is 2. The average Bonchev–Trinajstić information content (AvgIpc) is 3.76. The first-order valence-corrected chi connectivity index (χ1v) is 19.5. The van der Waals surface area contributed by atoms with E-state index in [4.69, 9.17) is 9.97 Å². The van der Waals surface area contributed by atoms with Crippen LogP contribution in [0.25, 0.3) is 78.4 Å². The third-order valence-electron chi connectivity index (χ3n) is 12.4. The molecular weight excluding hydrogens is 677 g/mol. The summed E-state index contributed by atoms with van der Waals surface area (Å²) >= 11 is 0. The molecule has 12 rings (SSSR count). The fourth-order valence-corrected chi connectivity index (χ4v) is 9.97. The van der Waals surface area contributed by atoms with Crippen LogP contribution in [0.2, 0.25) is 0 Å². The van der Waals surface area contributed by atoms with Crippen LogP contribution in [0.3, 0.4) is 0 Å². The lowest BCUT2D eigenvalue weighted by molar-refractivity contribution is 0.775. The number of fused-ring (bicyclic) bond motifs is 15. The summed E-state index contributed by atoms with van der Waals surface area (Å²) in [5, 5.41) is 0. The predicted octanol–water partition coefficient (Wildman–Crippen LogP) is 13.1.